The van der Waals surface area contributed by atoms with E-state index in [9.17, 15) is 27.9 Å². The summed E-state index contributed by atoms with van der Waals surface area (Å²) in [7, 11) is 0. The summed E-state index contributed by atoms with van der Waals surface area (Å²) in [6.07, 6.45) is 0.313. The van der Waals surface area contributed by atoms with Gasteiger partial charge in [-0.2, -0.15) is 0 Å². The van der Waals surface area contributed by atoms with Crippen molar-refractivity contribution in [2.75, 3.05) is 11.9 Å². The summed E-state index contributed by atoms with van der Waals surface area (Å²) in [5, 5.41) is 15.3. The molecule has 0 bridgehead atoms. The van der Waals surface area contributed by atoms with Gasteiger partial charge in [0.05, 0.1) is 6.61 Å². The van der Waals surface area contributed by atoms with Crippen LogP contribution in [0.25, 0.3) is 10.4 Å². The number of anilines is 1. The molecule has 188 valence electrons. The van der Waals surface area contributed by atoms with Gasteiger partial charge in [-0.15, -0.1) is 0 Å². The van der Waals surface area contributed by atoms with Crippen molar-refractivity contribution in [3.8, 4) is 0 Å². The zero-order valence-corrected chi connectivity index (χ0v) is 18.9. The van der Waals surface area contributed by atoms with Crippen molar-refractivity contribution >= 4 is 11.6 Å². The number of nitrogens with zero attached hydrogens (tertiary/aromatic N) is 3. The third-order valence-corrected chi connectivity index (χ3v) is 5.61. The number of carbonyl (C=O) groups is 1. The molecule has 3 rings (SSSR count). The van der Waals surface area contributed by atoms with Gasteiger partial charge in [0, 0.05) is 34.2 Å². The lowest BCUT2D eigenvalue weighted by atomic mass is 9.84. The van der Waals surface area contributed by atoms with Crippen LogP contribution in [0, 0.1) is 23.3 Å². The zero-order valence-electron chi connectivity index (χ0n) is 18.9. The molecule has 3 aromatic carbocycles. The zero-order chi connectivity index (χ0) is 26.2. The van der Waals surface area contributed by atoms with Crippen LogP contribution in [0.3, 0.4) is 0 Å². The molecular formula is C25H23F4N5O2. The fraction of sp³-hybridized carbons (Fsp3) is 0.240. The Hall–Kier alpha value is -3.92. The van der Waals surface area contributed by atoms with Crippen LogP contribution in [0.4, 0.5) is 23.2 Å². The minimum Gasteiger partial charge on any atom is -0.395 e. The van der Waals surface area contributed by atoms with E-state index in [1.807, 2.05) is 0 Å². The maximum absolute atomic E-state index is 14.6. The molecule has 0 aliphatic heterocycles. The molecule has 0 radical (unpaired) electrons. The first-order valence-electron chi connectivity index (χ1n) is 10.9. The molecule has 3 atom stereocenters. The van der Waals surface area contributed by atoms with Crippen LogP contribution in [0.2, 0.25) is 0 Å². The predicted molar refractivity (Wildman–Crippen MR) is 126 cm³/mol. The monoisotopic (exact) mass is 501 g/mol. The molecule has 1 amide bonds. The van der Waals surface area contributed by atoms with E-state index in [-0.39, 0.29) is 41.8 Å². The highest BCUT2D eigenvalue weighted by Gasteiger charge is 2.32. The summed E-state index contributed by atoms with van der Waals surface area (Å²) < 4.78 is 56.3. The number of aliphatic hydroxyl groups is 1. The standard InChI is InChI=1S/C25H23F4N5O2/c26-16-6-4-14(5-7-16)23(15-10-17(27)12-18(28)11-15)24(33-34-31)25(36)32-22-3-1-2-21(29)20(22)9-8-19(30)13-35/h1-7,10-12,19,23-24,35H,8-9,13,30H2,(H,32,36)/t19?,23-,24-/m0/s1. The van der Waals surface area contributed by atoms with E-state index in [1.54, 1.807) is 0 Å². The van der Waals surface area contributed by atoms with Crippen molar-refractivity contribution in [2.24, 2.45) is 10.8 Å². The molecule has 3 aromatic rings. The Balaban J connectivity index is 2.04. The van der Waals surface area contributed by atoms with Gasteiger partial charge in [0.25, 0.3) is 0 Å². The second-order valence-electron chi connectivity index (χ2n) is 8.12. The van der Waals surface area contributed by atoms with Crippen LogP contribution < -0.4 is 11.1 Å². The van der Waals surface area contributed by atoms with E-state index >= 15 is 0 Å². The van der Waals surface area contributed by atoms with E-state index in [4.69, 9.17) is 10.8 Å². The Morgan fingerprint density at radius 1 is 1.00 bits per heavy atom. The second kappa shape index (κ2) is 12.2. The minimum absolute atomic E-state index is 0.0277. The van der Waals surface area contributed by atoms with Crippen molar-refractivity contribution in [2.45, 2.75) is 30.8 Å². The number of nitrogens with two attached hydrogens (primary N) is 1. The summed E-state index contributed by atoms with van der Waals surface area (Å²) in [6, 6.07) is 9.21. The van der Waals surface area contributed by atoms with Gasteiger partial charge in [0.15, 0.2) is 0 Å². The number of rotatable bonds is 10. The Kier molecular flexibility index (Phi) is 9.02. The smallest absolute Gasteiger partial charge is 0.234 e. The van der Waals surface area contributed by atoms with Crippen molar-refractivity contribution < 1.29 is 27.5 Å². The van der Waals surface area contributed by atoms with Crippen molar-refractivity contribution in [1.82, 2.24) is 0 Å². The maximum Gasteiger partial charge on any atom is 0.234 e. The maximum atomic E-state index is 14.6. The number of carbonyl (C=O) groups excluding carboxylic acids is 1. The largest absolute Gasteiger partial charge is 0.395 e. The van der Waals surface area contributed by atoms with E-state index in [0.717, 1.165) is 24.3 Å². The first-order chi connectivity index (χ1) is 17.2. The summed E-state index contributed by atoms with van der Waals surface area (Å²) in [6.45, 7) is -0.307. The molecule has 36 heavy (non-hydrogen) atoms. The average molecular weight is 501 g/mol. The highest BCUT2D eigenvalue weighted by atomic mass is 19.1. The highest BCUT2D eigenvalue weighted by Crippen LogP contribution is 2.33. The van der Waals surface area contributed by atoms with Gasteiger partial charge in [0.1, 0.15) is 29.3 Å². The van der Waals surface area contributed by atoms with Gasteiger partial charge in [-0.05, 0) is 65.9 Å². The molecule has 0 heterocycles. The van der Waals surface area contributed by atoms with Gasteiger partial charge < -0.3 is 16.2 Å². The molecule has 4 N–H and O–H groups in total. The first-order valence-corrected chi connectivity index (χ1v) is 10.9. The molecular weight excluding hydrogens is 478 g/mol. The molecule has 0 fully saturated rings. The van der Waals surface area contributed by atoms with Gasteiger partial charge in [0.2, 0.25) is 5.91 Å². The SMILES string of the molecule is [N-]=[N+]=N[C@H](C(=O)Nc1cccc(F)c1CCC(N)CO)[C@@H](c1ccc(F)cc1)c1cc(F)cc(F)c1. The average Bonchev–Trinajstić information content (AvgIpc) is 2.83. The quantitative estimate of drug-likeness (QED) is 0.158. The first kappa shape index (κ1) is 26.7. The molecule has 0 saturated carbocycles. The second-order valence-corrected chi connectivity index (χ2v) is 8.12. The Labute approximate surface area is 204 Å². The van der Waals surface area contributed by atoms with Gasteiger partial charge >= 0.3 is 0 Å². The third-order valence-electron chi connectivity index (χ3n) is 5.61. The lowest BCUT2D eigenvalue weighted by molar-refractivity contribution is -0.117. The van der Waals surface area contributed by atoms with E-state index < -0.39 is 47.2 Å². The van der Waals surface area contributed by atoms with Crippen LogP contribution in [-0.4, -0.2) is 29.7 Å². The number of hydrogen-bond acceptors (Lipinski definition) is 4. The molecule has 7 nitrogen and oxygen atoms in total. The summed E-state index contributed by atoms with van der Waals surface area (Å²) >= 11 is 0. The number of hydrogen-bond donors (Lipinski definition) is 3. The molecule has 0 spiro atoms. The van der Waals surface area contributed by atoms with E-state index in [1.165, 1.54) is 30.3 Å². The van der Waals surface area contributed by atoms with Crippen molar-refractivity contribution in [3.05, 3.63) is 111 Å². The lowest BCUT2D eigenvalue weighted by Crippen LogP contribution is -2.33. The molecule has 0 saturated heterocycles. The topological polar surface area (TPSA) is 124 Å². The number of aliphatic hydroxyl groups excluding tert-OH is 1. The third kappa shape index (κ3) is 6.60. The normalized spacial score (nSPS) is 13.4. The summed E-state index contributed by atoms with van der Waals surface area (Å²) in [5.74, 6) is -5.15. The van der Waals surface area contributed by atoms with Crippen LogP contribution in [0.1, 0.15) is 29.0 Å². The number of azide groups is 1. The molecule has 11 heteroatoms. The molecule has 0 aromatic heterocycles. The predicted octanol–water partition coefficient (Wildman–Crippen LogP) is 4.94. The van der Waals surface area contributed by atoms with Crippen molar-refractivity contribution in [1.29, 1.82) is 0 Å². The molecule has 0 aliphatic rings. The molecule has 0 aliphatic carbocycles. The highest BCUT2D eigenvalue weighted by molar-refractivity contribution is 5.96. The van der Waals surface area contributed by atoms with Crippen molar-refractivity contribution in [3.63, 3.8) is 0 Å². The van der Waals surface area contributed by atoms with Gasteiger partial charge in [-0.25, -0.2) is 17.6 Å². The minimum atomic E-state index is -1.59. The van der Waals surface area contributed by atoms with Crippen LogP contribution in [-0.2, 0) is 11.2 Å². The number of benzene rings is 3. The van der Waals surface area contributed by atoms with Crippen LogP contribution in [0.5, 0.6) is 0 Å². The van der Waals surface area contributed by atoms with Gasteiger partial charge in [-0.3, -0.25) is 4.79 Å². The fourth-order valence-corrected chi connectivity index (χ4v) is 3.87. The number of amides is 1. The van der Waals surface area contributed by atoms with Crippen LogP contribution in [0.15, 0.2) is 65.8 Å². The Morgan fingerprint density at radius 3 is 2.28 bits per heavy atom. The summed E-state index contributed by atoms with van der Waals surface area (Å²) in [5.41, 5.74) is 15.3. The van der Waals surface area contributed by atoms with Crippen LogP contribution >= 0.6 is 0 Å². The van der Waals surface area contributed by atoms with Gasteiger partial charge in [-0.1, -0.05) is 23.3 Å². The Morgan fingerprint density at radius 2 is 1.67 bits per heavy atom. The molecule has 1 unspecified atom stereocenters. The van der Waals surface area contributed by atoms with E-state index in [2.05, 4.69) is 15.3 Å². The summed E-state index contributed by atoms with van der Waals surface area (Å²) in [4.78, 5) is 16.1. The Bertz CT molecular complexity index is 1250. The number of nitrogens with one attached hydrogen (secondary N) is 1. The number of halogens is 4. The lowest BCUT2D eigenvalue weighted by Gasteiger charge is -2.25. The fourth-order valence-electron chi connectivity index (χ4n) is 3.87. The van der Waals surface area contributed by atoms with E-state index in [0.29, 0.717) is 6.07 Å².